The molecule has 25 heavy (non-hydrogen) atoms. The molecule has 3 nitrogen and oxygen atoms in total. The van der Waals surface area contributed by atoms with Crippen LogP contribution in [-0.4, -0.2) is 23.9 Å². The summed E-state index contributed by atoms with van der Waals surface area (Å²) in [5.74, 6) is -0.192. The van der Waals surface area contributed by atoms with Gasteiger partial charge in [-0.1, -0.05) is 53.9 Å². The summed E-state index contributed by atoms with van der Waals surface area (Å²) in [5, 5.41) is 3.81. The zero-order valence-corrected chi connectivity index (χ0v) is 15.6. The summed E-state index contributed by atoms with van der Waals surface area (Å²) in [5.41, 5.74) is 2.82. The lowest BCUT2D eigenvalue weighted by atomic mass is 10.1. The van der Waals surface area contributed by atoms with Gasteiger partial charge in [0.15, 0.2) is 0 Å². The Morgan fingerprint density at radius 1 is 1.00 bits per heavy atom. The van der Waals surface area contributed by atoms with E-state index in [2.05, 4.69) is 28.4 Å². The number of likely N-dealkylation sites (tertiary alicyclic amines) is 1. The quantitative estimate of drug-likeness (QED) is 0.803. The number of nitrogens with one attached hydrogen (secondary N) is 1. The minimum absolute atomic E-state index is 0.192. The first-order valence-corrected chi connectivity index (χ1v) is 9.41. The van der Waals surface area contributed by atoms with Crippen molar-refractivity contribution in [3.63, 3.8) is 0 Å². The molecule has 3 rings (SSSR count). The number of amides is 1. The van der Waals surface area contributed by atoms with Crippen LogP contribution < -0.4 is 5.32 Å². The zero-order valence-electron chi connectivity index (χ0n) is 14.1. The number of hydrogen-bond donors (Lipinski definition) is 1. The first kappa shape index (κ1) is 18.2. The minimum Gasteiger partial charge on any atom is -0.348 e. The Bertz CT molecular complexity index is 742. The maximum Gasteiger partial charge on any atom is 0.253 e. The molecule has 0 radical (unpaired) electrons. The van der Waals surface area contributed by atoms with E-state index >= 15 is 0 Å². The molecule has 0 unspecified atom stereocenters. The molecule has 0 aromatic heterocycles. The molecule has 1 aliphatic rings. The molecule has 1 amide bonds. The predicted molar refractivity (Wildman–Crippen MR) is 103 cm³/mol. The maximum absolute atomic E-state index is 12.3. The van der Waals surface area contributed by atoms with Crippen LogP contribution in [0.15, 0.2) is 42.5 Å². The molecule has 0 atom stereocenters. The highest BCUT2D eigenvalue weighted by Crippen LogP contribution is 2.21. The molecule has 1 fully saturated rings. The van der Waals surface area contributed by atoms with Crippen LogP contribution in [0.1, 0.15) is 40.7 Å². The van der Waals surface area contributed by atoms with E-state index in [1.165, 1.54) is 37.9 Å². The van der Waals surface area contributed by atoms with Crippen LogP contribution in [0.3, 0.4) is 0 Å². The molecule has 2 aromatic carbocycles. The normalized spacial score (nSPS) is 15.1. The second kappa shape index (κ2) is 8.70. The lowest BCUT2D eigenvalue weighted by molar-refractivity contribution is 0.0951. The van der Waals surface area contributed by atoms with Crippen LogP contribution in [0.4, 0.5) is 0 Å². The molecule has 5 heteroatoms. The van der Waals surface area contributed by atoms with E-state index in [4.69, 9.17) is 23.2 Å². The van der Waals surface area contributed by atoms with Crippen LogP contribution in [0.2, 0.25) is 10.0 Å². The van der Waals surface area contributed by atoms with E-state index in [-0.39, 0.29) is 5.91 Å². The molecule has 1 heterocycles. The number of rotatable bonds is 5. The highest BCUT2D eigenvalue weighted by atomic mass is 35.5. The van der Waals surface area contributed by atoms with Crippen LogP contribution >= 0.6 is 23.2 Å². The number of carbonyl (C=O) groups excluding carboxylic acids is 1. The van der Waals surface area contributed by atoms with Gasteiger partial charge in [-0.2, -0.15) is 0 Å². The fourth-order valence-corrected chi connectivity index (χ4v) is 3.66. The fourth-order valence-electron chi connectivity index (χ4n) is 3.16. The monoisotopic (exact) mass is 376 g/mol. The van der Waals surface area contributed by atoms with Gasteiger partial charge in [-0.05, 0) is 55.3 Å². The van der Waals surface area contributed by atoms with Crippen molar-refractivity contribution < 1.29 is 4.79 Å². The van der Waals surface area contributed by atoms with Crippen molar-refractivity contribution >= 4 is 29.1 Å². The Labute approximate surface area is 158 Å². The summed E-state index contributed by atoms with van der Waals surface area (Å²) < 4.78 is 0. The lowest BCUT2D eigenvalue weighted by Crippen LogP contribution is -2.29. The van der Waals surface area contributed by atoms with Crippen molar-refractivity contribution in [2.45, 2.75) is 32.4 Å². The molecule has 0 aliphatic carbocycles. The second-order valence-corrected chi connectivity index (χ2v) is 7.31. The van der Waals surface area contributed by atoms with Crippen LogP contribution in [0.25, 0.3) is 0 Å². The van der Waals surface area contributed by atoms with Crippen molar-refractivity contribution in [2.75, 3.05) is 13.1 Å². The van der Waals surface area contributed by atoms with Crippen molar-refractivity contribution in [3.8, 4) is 0 Å². The van der Waals surface area contributed by atoms with E-state index < -0.39 is 0 Å². The van der Waals surface area contributed by atoms with Gasteiger partial charge in [-0.15, -0.1) is 0 Å². The van der Waals surface area contributed by atoms with E-state index in [9.17, 15) is 4.79 Å². The van der Waals surface area contributed by atoms with Gasteiger partial charge in [0.1, 0.15) is 0 Å². The smallest absolute Gasteiger partial charge is 0.253 e. The van der Waals surface area contributed by atoms with E-state index in [0.29, 0.717) is 22.2 Å². The largest absolute Gasteiger partial charge is 0.348 e. The molecule has 1 saturated heterocycles. The van der Waals surface area contributed by atoms with Crippen molar-refractivity contribution in [1.29, 1.82) is 0 Å². The third-order valence-corrected chi connectivity index (χ3v) is 5.02. The predicted octanol–water partition coefficient (Wildman–Crippen LogP) is 4.91. The number of nitrogens with zero attached hydrogens (tertiary/aromatic N) is 1. The van der Waals surface area contributed by atoms with Crippen LogP contribution in [-0.2, 0) is 13.1 Å². The van der Waals surface area contributed by atoms with Crippen LogP contribution in [0, 0.1) is 0 Å². The number of hydrogen-bond acceptors (Lipinski definition) is 2. The van der Waals surface area contributed by atoms with Gasteiger partial charge in [0.25, 0.3) is 5.91 Å². The average Bonchev–Trinajstić information content (AvgIpc) is 2.61. The lowest BCUT2D eigenvalue weighted by Gasteiger charge is -2.26. The fraction of sp³-hybridized carbons (Fsp3) is 0.350. The Hall–Kier alpha value is -1.55. The Kier molecular flexibility index (Phi) is 6.35. The molecular formula is C20H22Cl2N2O. The first-order chi connectivity index (χ1) is 12.1. The summed E-state index contributed by atoms with van der Waals surface area (Å²) in [6.07, 6.45) is 3.92. The van der Waals surface area contributed by atoms with Gasteiger partial charge >= 0.3 is 0 Å². The number of carbonyl (C=O) groups is 1. The topological polar surface area (TPSA) is 32.3 Å². The zero-order chi connectivity index (χ0) is 17.6. The molecule has 0 bridgehead atoms. The van der Waals surface area contributed by atoms with Gasteiger partial charge in [-0.3, -0.25) is 9.69 Å². The van der Waals surface area contributed by atoms with Crippen molar-refractivity contribution in [2.24, 2.45) is 0 Å². The van der Waals surface area contributed by atoms with Gasteiger partial charge < -0.3 is 5.32 Å². The van der Waals surface area contributed by atoms with Crippen molar-refractivity contribution in [1.82, 2.24) is 10.2 Å². The molecule has 1 N–H and O–H groups in total. The second-order valence-electron chi connectivity index (χ2n) is 6.46. The summed E-state index contributed by atoms with van der Waals surface area (Å²) in [6.45, 7) is 3.81. The first-order valence-electron chi connectivity index (χ1n) is 8.65. The summed E-state index contributed by atoms with van der Waals surface area (Å²) in [4.78, 5) is 14.8. The van der Waals surface area contributed by atoms with E-state index in [1.807, 2.05) is 6.07 Å². The van der Waals surface area contributed by atoms with E-state index in [0.717, 1.165) is 12.1 Å². The average molecular weight is 377 g/mol. The SMILES string of the molecule is O=C(NCc1cccc(CN2CCCCC2)c1)c1ccc(Cl)cc1Cl. The van der Waals surface area contributed by atoms with Gasteiger partial charge in [0.2, 0.25) is 0 Å². The molecule has 0 spiro atoms. The number of halogens is 2. The highest BCUT2D eigenvalue weighted by Gasteiger charge is 2.12. The summed E-state index contributed by atoms with van der Waals surface area (Å²) >= 11 is 12.0. The Morgan fingerprint density at radius 3 is 2.52 bits per heavy atom. The summed E-state index contributed by atoms with van der Waals surface area (Å²) in [7, 11) is 0. The minimum atomic E-state index is -0.192. The molecule has 1 aliphatic heterocycles. The Morgan fingerprint density at radius 2 is 1.76 bits per heavy atom. The molecule has 2 aromatic rings. The Balaban J connectivity index is 1.59. The van der Waals surface area contributed by atoms with Gasteiger partial charge in [-0.25, -0.2) is 0 Å². The molecular weight excluding hydrogens is 355 g/mol. The molecule has 132 valence electrons. The van der Waals surface area contributed by atoms with Gasteiger partial charge in [0.05, 0.1) is 10.6 Å². The number of benzene rings is 2. The standard InChI is InChI=1S/C20H22Cl2N2O/c21-17-7-8-18(19(22)12-17)20(25)23-13-15-5-4-6-16(11-15)14-24-9-2-1-3-10-24/h4-8,11-12H,1-3,9-10,13-14H2,(H,23,25). The van der Waals surface area contributed by atoms with Crippen LogP contribution in [0.5, 0.6) is 0 Å². The van der Waals surface area contributed by atoms with E-state index in [1.54, 1.807) is 18.2 Å². The maximum atomic E-state index is 12.3. The molecule has 0 saturated carbocycles. The third kappa shape index (κ3) is 5.21. The van der Waals surface area contributed by atoms with Gasteiger partial charge in [0, 0.05) is 18.1 Å². The third-order valence-electron chi connectivity index (χ3n) is 4.48. The van der Waals surface area contributed by atoms with Crippen molar-refractivity contribution in [3.05, 3.63) is 69.2 Å². The summed E-state index contributed by atoms with van der Waals surface area (Å²) in [6, 6.07) is 13.3. The number of piperidine rings is 1. The highest BCUT2D eigenvalue weighted by molar-refractivity contribution is 6.36.